The van der Waals surface area contributed by atoms with Crippen molar-refractivity contribution in [2.75, 3.05) is 44.2 Å². The van der Waals surface area contributed by atoms with Crippen LogP contribution in [0.2, 0.25) is 0 Å². The highest BCUT2D eigenvalue weighted by molar-refractivity contribution is 7.91. The summed E-state index contributed by atoms with van der Waals surface area (Å²) >= 11 is 0. The fourth-order valence-corrected chi connectivity index (χ4v) is 5.73. The molecular formula is C24H31N3O3S. The summed E-state index contributed by atoms with van der Waals surface area (Å²) in [6.07, 6.45) is 1.97. The molecule has 1 N–H and O–H groups in total. The van der Waals surface area contributed by atoms with Gasteiger partial charge in [0.05, 0.1) is 11.5 Å². The van der Waals surface area contributed by atoms with Gasteiger partial charge in [0, 0.05) is 39.3 Å². The molecule has 4 rings (SSSR count). The van der Waals surface area contributed by atoms with Crippen LogP contribution in [-0.4, -0.2) is 68.4 Å². The number of hydrogen-bond donors (Lipinski definition) is 1. The van der Waals surface area contributed by atoms with Crippen molar-refractivity contribution in [2.24, 2.45) is 0 Å². The topological polar surface area (TPSA) is 69.7 Å². The van der Waals surface area contributed by atoms with Crippen molar-refractivity contribution in [1.82, 2.24) is 15.1 Å². The monoisotopic (exact) mass is 441 g/mol. The molecule has 166 valence electrons. The molecule has 0 bridgehead atoms. The van der Waals surface area contributed by atoms with Crippen molar-refractivity contribution in [2.45, 2.75) is 25.4 Å². The molecular weight excluding hydrogens is 410 g/mol. The molecule has 2 aromatic carbocycles. The number of nitrogens with one attached hydrogen (secondary N) is 1. The Balaban J connectivity index is 1.31. The van der Waals surface area contributed by atoms with E-state index in [0.717, 1.165) is 38.0 Å². The molecule has 7 heteroatoms. The molecule has 0 saturated carbocycles. The highest BCUT2D eigenvalue weighted by atomic mass is 32.2. The lowest BCUT2D eigenvalue weighted by atomic mass is 10.00. The number of hydrogen-bond acceptors (Lipinski definition) is 5. The molecule has 1 saturated heterocycles. The Morgan fingerprint density at radius 2 is 1.61 bits per heavy atom. The summed E-state index contributed by atoms with van der Waals surface area (Å²) < 4.78 is 23.7. The van der Waals surface area contributed by atoms with E-state index >= 15 is 0 Å². The van der Waals surface area contributed by atoms with Gasteiger partial charge in [-0.05, 0) is 29.5 Å². The van der Waals surface area contributed by atoms with Gasteiger partial charge in [-0.25, -0.2) is 8.42 Å². The number of carbonyl (C=O) groups excluding carboxylic acids is 1. The summed E-state index contributed by atoms with van der Waals surface area (Å²) in [6, 6.07) is 17.8. The molecule has 0 aromatic heterocycles. The lowest BCUT2D eigenvalue weighted by Crippen LogP contribution is -2.47. The molecule has 0 spiro atoms. The lowest BCUT2D eigenvalue weighted by molar-refractivity contribution is -0.126. The zero-order valence-corrected chi connectivity index (χ0v) is 18.7. The minimum absolute atomic E-state index is 0.0468. The summed E-state index contributed by atoms with van der Waals surface area (Å²) in [6.45, 7) is 4.38. The second kappa shape index (κ2) is 9.94. The highest BCUT2D eigenvalue weighted by Gasteiger charge is 2.32. The fourth-order valence-electron chi connectivity index (χ4n) is 4.50. The Morgan fingerprint density at radius 3 is 2.35 bits per heavy atom. The summed E-state index contributed by atoms with van der Waals surface area (Å²) in [5.74, 6) is 0.176. The molecule has 1 unspecified atom stereocenters. The Hall–Kier alpha value is -2.22. The van der Waals surface area contributed by atoms with E-state index in [0.29, 0.717) is 19.6 Å². The van der Waals surface area contributed by atoms with E-state index in [9.17, 15) is 13.2 Å². The smallest absolute Gasteiger partial charge is 0.241 e. The van der Waals surface area contributed by atoms with Crippen molar-refractivity contribution in [3.63, 3.8) is 0 Å². The first-order chi connectivity index (χ1) is 15.0. The molecule has 6 nitrogen and oxygen atoms in total. The zero-order valence-electron chi connectivity index (χ0n) is 17.9. The third-order valence-electron chi connectivity index (χ3n) is 6.27. The van der Waals surface area contributed by atoms with Gasteiger partial charge in [-0.1, -0.05) is 54.6 Å². The van der Waals surface area contributed by atoms with Crippen molar-refractivity contribution in [3.05, 3.63) is 71.3 Å². The number of rotatable bonds is 7. The molecule has 2 aliphatic heterocycles. The quantitative estimate of drug-likeness (QED) is 0.666. The van der Waals surface area contributed by atoms with E-state index in [1.54, 1.807) is 0 Å². The van der Waals surface area contributed by atoms with E-state index in [4.69, 9.17) is 0 Å². The average Bonchev–Trinajstić information content (AvgIpc) is 2.78. The van der Waals surface area contributed by atoms with Gasteiger partial charge < -0.3 is 5.32 Å². The summed E-state index contributed by atoms with van der Waals surface area (Å²) in [7, 11) is -2.99. The van der Waals surface area contributed by atoms with Gasteiger partial charge >= 0.3 is 0 Å². The van der Waals surface area contributed by atoms with Gasteiger partial charge in [-0.15, -0.1) is 0 Å². The van der Waals surface area contributed by atoms with Crippen LogP contribution in [0.1, 0.15) is 29.2 Å². The van der Waals surface area contributed by atoms with E-state index in [1.807, 2.05) is 35.2 Å². The Kier molecular flexibility index (Phi) is 7.05. The second-order valence-corrected chi connectivity index (χ2v) is 10.7. The number of carbonyl (C=O) groups is 1. The Labute approximate surface area is 185 Å². The van der Waals surface area contributed by atoms with E-state index < -0.39 is 15.9 Å². The first-order valence-electron chi connectivity index (χ1n) is 11.1. The third kappa shape index (κ3) is 5.73. The summed E-state index contributed by atoms with van der Waals surface area (Å²) in [4.78, 5) is 17.5. The van der Waals surface area contributed by atoms with Crippen molar-refractivity contribution >= 4 is 15.7 Å². The van der Waals surface area contributed by atoms with E-state index in [1.165, 1.54) is 11.1 Å². The van der Waals surface area contributed by atoms with Crippen LogP contribution in [0, 0.1) is 0 Å². The predicted molar refractivity (Wildman–Crippen MR) is 122 cm³/mol. The highest BCUT2D eigenvalue weighted by Crippen LogP contribution is 2.23. The Bertz CT molecular complexity index is 980. The van der Waals surface area contributed by atoms with Crippen molar-refractivity contribution in [3.8, 4) is 0 Å². The van der Waals surface area contributed by atoms with Crippen molar-refractivity contribution < 1.29 is 13.2 Å². The summed E-state index contributed by atoms with van der Waals surface area (Å²) in [5.41, 5.74) is 3.76. The first-order valence-corrected chi connectivity index (χ1v) is 12.9. The van der Waals surface area contributed by atoms with Crippen LogP contribution in [0.5, 0.6) is 0 Å². The number of nitrogens with zero attached hydrogens (tertiary/aromatic N) is 2. The zero-order chi connectivity index (χ0) is 21.7. The second-order valence-electron chi connectivity index (χ2n) is 8.44. The number of benzene rings is 2. The maximum absolute atomic E-state index is 13.1. The molecule has 2 aromatic rings. The van der Waals surface area contributed by atoms with Crippen molar-refractivity contribution in [1.29, 1.82) is 0 Å². The van der Waals surface area contributed by atoms with Crippen LogP contribution in [0.15, 0.2) is 54.6 Å². The number of amides is 1. The molecule has 1 amide bonds. The van der Waals surface area contributed by atoms with Gasteiger partial charge in [0.25, 0.3) is 0 Å². The molecule has 0 aliphatic carbocycles. The van der Waals surface area contributed by atoms with Crippen LogP contribution in [0.4, 0.5) is 0 Å². The van der Waals surface area contributed by atoms with Crippen LogP contribution in [0.3, 0.4) is 0 Å². The van der Waals surface area contributed by atoms with E-state index in [2.05, 4.69) is 34.5 Å². The van der Waals surface area contributed by atoms with Crippen LogP contribution in [0.25, 0.3) is 0 Å². The summed E-state index contributed by atoms with van der Waals surface area (Å²) in [5, 5.41) is 3.10. The minimum Gasteiger partial charge on any atom is -0.354 e. The average molecular weight is 442 g/mol. The van der Waals surface area contributed by atoms with E-state index in [-0.39, 0.29) is 17.4 Å². The largest absolute Gasteiger partial charge is 0.354 e. The normalized spacial score (nSPS) is 20.0. The van der Waals surface area contributed by atoms with Gasteiger partial charge in [0.1, 0.15) is 6.04 Å². The number of sulfone groups is 1. The third-order valence-corrected chi connectivity index (χ3v) is 7.88. The van der Waals surface area contributed by atoms with Gasteiger partial charge in [0.2, 0.25) is 5.91 Å². The standard InChI is InChI=1S/C24H31N3O3S/c28-24(25-12-6-13-26-14-11-20-7-4-5-10-22(20)19-26)23(21-8-2-1-3-9-21)27-15-17-31(29,30)18-16-27/h1-5,7-10,23H,6,11-19H2,(H,25,28). The molecule has 2 heterocycles. The molecule has 2 aliphatic rings. The fraction of sp³-hybridized carbons (Fsp3) is 0.458. The maximum atomic E-state index is 13.1. The van der Waals surface area contributed by atoms with Gasteiger partial charge in [-0.2, -0.15) is 0 Å². The van der Waals surface area contributed by atoms with Crippen LogP contribution >= 0.6 is 0 Å². The SMILES string of the molecule is O=C(NCCCN1CCc2ccccc2C1)C(c1ccccc1)N1CCS(=O)(=O)CC1. The van der Waals surface area contributed by atoms with Gasteiger partial charge in [0.15, 0.2) is 9.84 Å². The Morgan fingerprint density at radius 1 is 0.935 bits per heavy atom. The molecule has 1 atom stereocenters. The molecule has 1 fully saturated rings. The number of fused-ring (bicyclic) bond motifs is 1. The van der Waals surface area contributed by atoms with Crippen LogP contribution in [-0.2, 0) is 27.6 Å². The minimum atomic E-state index is -2.99. The maximum Gasteiger partial charge on any atom is 0.241 e. The first kappa shape index (κ1) is 22.0. The molecule has 31 heavy (non-hydrogen) atoms. The van der Waals surface area contributed by atoms with Gasteiger partial charge in [-0.3, -0.25) is 14.6 Å². The molecule has 0 radical (unpaired) electrons. The van der Waals surface area contributed by atoms with Crippen LogP contribution < -0.4 is 5.32 Å². The predicted octanol–water partition coefficient (Wildman–Crippen LogP) is 2.02. The lowest BCUT2D eigenvalue weighted by Gasteiger charge is -2.34.